The van der Waals surface area contributed by atoms with Crippen LogP contribution in [-0.2, 0) is 13.0 Å². The van der Waals surface area contributed by atoms with Gasteiger partial charge in [0.25, 0.3) is 0 Å². The summed E-state index contributed by atoms with van der Waals surface area (Å²) in [6, 6.07) is 8.36. The summed E-state index contributed by atoms with van der Waals surface area (Å²) in [4.78, 5) is 8.98. The first-order valence-electron chi connectivity index (χ1n) is 9.29. The van der Waals surface area contributed by atoms with E-state index in [0.717, 1.165) is 49.0 Å². The molecule has 3 rings (SSSR count). The van der Waals surface area contributed by atoms with Crippen molar-refractivity contribution in [2.75, 3.05) is 13.1 Å². The third-order valence-electron chi connectivity index (χ3n) is 4.42. The number of nitrogens with one attached hydrogen (secondary N) is 2. The second-order valence-electron chi connectivity index (χ2n) is 6.65. The maximum absolute atomic E-state index is 6.01. The molecule has 0 spiro atoms. The molecule has 0 bridgehead atoms. The molecule has 0 saturated carbocycles. The van der Waals surface area contributed by atoms with E-state index >= 15 is 0 Å². The fraction of sp³-hybridized carbons (Fsp3) is 0.526. The Bertz CT molecular complexity index is 741. The Morgan fingerprint density at radius 1 is 1.42 bits per heavy atom. The van der Waals surface area contributed by atoms with Gasteiger partial charge in [-0.2, -0.15) is 5.10 Å². The normalized spacial score (nSPS) is 18.1. The molecular weight excluding hydrogens is 328 g/mol. The predicted octanol–water partition coefficient (Wildman–Crippen LogP) is 1.92. The van der Waals surface area contributed by atoms with Gasteiger partial charge in [0, 0.05) is 19.0 Å². The first kappa shape index (κ1) is 18.2. The van der Waals surface area contributed by atoms with Crippen LogP contribution in [0.25, 0.3) is 0 Å². The van der Waals surface area contributed by atoms with Crippen LogP contribution in [0.4, 0.5) is 0 Å². The van der Waals surface area contributed by atoms with Crippen molar-refractivity contribution in [3.05, 3.63) is 42.0 Å². The van der Waals surface area contributed by atoms with E-state index in [4.69, 9.17) is 9.73 Å². The number of aromatic nitrogens is 3. The van der Waals surface area contributed by atoms with E-state index in [0.29, 0.717) is 12.6 Å². The summed E-state index contributed by atoms with van der Waals surface area (Å²) in [5.74, 6) is 2.80. The standard InChI is InChI=1S/C19H28N6O/c1-4-20-19(24-16-9-10-18-22-13-23-25(18)12-16)21-11-15(3)26-17-8-6-5-7-14(17)2/h5-8,13,15-16H,4,9-12H2,1-3H3,(H2,20,21,24). The highest BCUT2D eigenvalue weighted by Gasteiger charge is 2.20. The summed E-state index contributed by atoms with van der Waals surface area (Å²) in [5.41, 5.74) is 1.14. The number of para-hydroxylation sites is 1. The molecule has 0 aliphatic carbocycles. The summed E-state index contributed by atoms with van der Waals surface area (Å²) < 4.78 is 7.98. The van der Waals surface area contributed by atoms with Crippen LogP contribution in [0.1, 0.15) is 31.7 Å². The van der Waals surface area contributed by atoms with E-state index in [2.05, 4.69) is 40.6 Å². The van der Waals surface area contributed by atoms with Crippen molar-refractivity contribution < 1.29 is 4.74 Å². The number of aryl methyl sites for hydroxylation is 2. The molecule has 2 atom stereocenters. The van der Waals surface area contributed by atoms with Gasteiger partial charge in [0.15, 0.2) is 5.96 Å². The smallest absolute Gasteiger partial charge is 0.191 e. The molecule has 2 heterocycles. The topological polar surface area (TPSA) is 76.4 Å². The van der Waals surface area contributed by atoms with Gasteiger partial charge < -0.3 is 15.4 Å². The second-order valence-corrected chi connectivity index (χ2v) is 6.65. The van der Waals surface area contributed by atoms with Crippen LogP contribution in [0.2, 0.25) is 0 Å². The number of rotatable bonds is 6. The van der Waals surface area contributed by atoms with Gasteiger partial charge in [0.1, 0.15) is 24.0 Å². The summed E-state index contributed by atoms with van der Waals surface area (Å²) >= 11 is 0. The Morgan fingerprint density at radius 3 is 3.08 bits per heavy atom. The van der Waals surface area contributed by atoms with E-state index in [1.165, 1.54) is 0 Å². The van der Waals surface area contributed by atoms with Crippen LogP contribution in [0.5, 0.6) is 5.75 Å². The minimum Gasteiger partial charge on any atom is -0.489 e. The largest absolute Gasteiger partial charge is 0.489 e. The molecule has 7 nitrogen and oxygen atoms in total. The van der Waals surface area contributed by atoms with Gasteiger partial charge in [-0.25, -0.2) is 14.7 Å². The predicted molar refractivity (Wildman–Crippen MR) is 103 cm³/mol. The van der Waals surface area contributed by atoms with Crippen molar-refractivity contribution in [1.82, 2.24) is 25.4 Å². The van der Waals surface area contributed by atoms with E-state index < -0.39 is 0 Å². The van der Waals surface area contributed by atoms with Gasteiger partial charge in [0.2, 0.25) is 0 Å². The third kappa shape index (κ3) is 4.74. The summed E-state index contributed by atoms with van der Waals surface area (Å²) in [6.45, 7) is 8.39. The molecule has 0 saturated heterocycles. The number of hydrogen-bond donors (Lipinski definition) is 2. The molecule has 140 valence electrons. The highest BCUT2D eigenvalue weighted by atomic mass is 16.5. The van der Waals surface area contributed by atoms with Crippen LogP contribution in [0.15, 0.2) is 35.6 Å². The Hall–Kier alpha value is -2.57. The number of aliphatic imine (C=N–C) groups is 1. The average molecular weight is 356 g/mol. The van der Waals surface area contributed by atoms with Crippen LogP contribution >= 0.6 is 0 Å². The SMILES string of the molecule is CCNC(=NCC(C)Oc1ccccc1C)NC1CCc2ncnn2C1. The van der Waals surface area contributed by atoms with Crippen molar-refractivity contribution in [1.29, 1.82) is 0 Å². The number of benzene rings is 1. The van der Waals surface area contributed by atoms with Crippen molar-refractivity contribution >= 4 is 5.96 Å². The number of guanidine groups is 1. The molecule has 0 amide bonds. The molecule has 2 N–H and O–H groups in total. The summed E-state index contributed by atoms with van der Waals surface area (Å²) in [7, 11) is 0. The minimum absolute atomic E-state index is 0.000157. The molecule has 1 aromatic heterocycles. The molecule has 26 heavy (non-hydrogen) atoms. The van der Waals surface area contributed by atoms with E-state index in [9.17, 15) is 0 Å². The fourth-order valence-corrected chi connectivity index (χ4v) is 3.03. The monoisotopic (exact) mass is 356 g/mol. The van der Waals surface area contributed by atoms with Gasteiger partial charge in [-0.15, -0.1) is 0 Å². The minimum atomic E-state index is -0.000157. The lowest BCUT2D eigenvalue weighted by molar-refractivity contribution is 0.228. The molecule has 7 heteroatoms. The van der Waals surface area contributed by atoms with Crippen LogP contribution in [0, 0.1) is 6.92 Å². The van der Waals surface area contributed by atoms with Gasteiger partial charge in [-0.3, -0.25) is 0 Å². The maximum atomic E-state index is 6.01. The highest BCUT2D eigenvalue weighted by Crippen LogP contribution is 2.17. The molecule has 1 aliphatic heterocycles. The Kier molecular flexibility index (Phi) is 6.09. The Morgan fingerprint density at radius 2 is 2.27 bits per heavy atom. The van der Waals surface area contributed by atoms with E-state index in [1.807, 2.05) is 29.8 Å². The van der Waals surface area contributed by atoms with Crippen molar-refractivity contribution in [2.24, 2.45) is 4.99 Å². The zero-order valence-electron chi connectivity index (χ0n) is 15.8. The average Bonchev–Trinajstić information content (AvgIpc) is 3.10. The van der Waals surface area contributed by atoms with E-state index in [-0.39, 0.29) is 6.10 Å². The Balaban J connectivity index is 1.56. The lowest BCUT2D eigenvalue weighted by Gasteiger charge is -2.25. The fourth-order valence-electron chi connectivity index (χ4n) is 3.03. The first-order valence-corrected chi connectivity index (χ1v) is 9.29. The third-order valence-corrected chi connectivity index (χ3v) is 4.42. The number of hydrogen-bond acceptors (Lipinski definition) is 4. The lowest BCUT2D eigenvalue weighted by Crippen LogP contribution is -2.47. The lowest BCUT2D eigenvalue weighted by atomic mass is 10.1. The first-order chi connectivity index (χ1) is 12.7. The zero-order valence-corrected chi connectivity index (χ0v) is 15.8. The number of ether oxygens (including phenoxy) is 1. The van der Waals surface area contributed by atoms with Gasteiger partial charge in [-0.05, 0) is 38.8 Å². The van der Waals surface area contributed by atoms with Gasteiger partial charge >= 0.3 is 0 Å². The van der Waals surface area contributed by atoms with Crippen LogP contribution < -0.4 is 15.4 Å². The summed E-state index contributed by atoms with van der Waals surface area (Å²) in [5, 5.41) is 11.1. The van der Waals surface area contributed by atoms with Crippen molar-refractivity contribution in [3.63, 3.8) is 0 Å². The molecule has 0 radical (unpaired) electrons. The molecule has 2 aromatic rings. The van der Waals surface area contributed by atoms with Crippen molar-refractivity contribution in [3.8, 4) is 5.75 Å². The highest BCUT2D eigenvalue weighted by molar-refractivity contribution is 5.80. The maximum Gasteiger partial charge on any atom is 0.191 e. The van der Waals surface area contributed by atoms with Crippen molar-refractivity contribution in [2.45, 2.75) is 52.3 Å². The number of fused-ring (bicyclic) bond motifs is 1. The molecule has 2 unspecified atom stereocenters. The van der Waals surface area contributed by atoms with Crippen LogP contribution in [-0.4, -0.2) is 46.0 Å². The number of nitrogens with zero attached hydrogens (tertiary/aromatic N) is 4. The second kappa shape index (κ2) is 8.69. The van der Waals surface area contributed by atoms with Gasteiger partial charge in [0.05, 0.1) is 13.1 Å². The Labute approximate surface area is 154 Å². The molecule has 1 aliphatic rings. The molecule has 1 aromatic carbocycles. The molecule has 0 fully saturated rings. The summed E-state index contributed by atoms with van der Waals surface area (Å²) in [6.07, 6.45) is 3.59. The zero-order chi connectivity index (χ0) is 18.4. The van der Waals surface area contributed by atoms with E-state index in [1.54, 1.807) is 6.33 Å². The molecular formula is C19H28N6O. The van der Waals surface area contributed by atoms with Crippen LogP contribution in [0.3, 0.4) is 0 Å². The van der Waals surface area contributed by atoms with Gasteiger partial charge in [-0.1, -0.05) is 18.2 Å². The quantitative estimate of drug-likeness (QED) is 0.611.